The highest BCUT2D eigenvalue weighted by Gasteiger charge is 2.25. The fourth-order valence-corrected chi connectivity index (χ4v) is 3.29. The first-order chi connectivity index (χ1) is 13.0. The third-order valence-electron chi connectivity index (χ3n) is 3.59. The number of benzene rings is 1. The maximum atomic E-state index is 12.6. The van der Waals surface area contributed by atoms with Crippen LogP contribution in [0.25, 0.3) is 0 Å². The van der Waals surface area contributed by atoms with Gasteiger partial charge in [-0.05, 0) is 19.1 Å². The Bertz CT molecular complexity index is 878. The van der Waals surface area contributed by atoms with Crippen molar-refractivity contribution >= 4 is 28.3 Å². The number of hydrogen-bond acceptors (Lipinski definition) is 9. The van der Waals surface area contributed by atoms with Crippen LogP contribution in [0.3, 0.4) is 0 Å². The Kier molecular flexibility index (Phi) is 6.62. The van der Waals surface area contributed by atoms with Crippen LogP contribution < -0.4 is 15.2 Å². The zero-order chi connectivity index (χ0) is 20.0. The maximum Gasteiger partial charge on any atom is 0.348 e. The second-order valence-corrected chi connectivity index (χ2v) is 6.15. The molecule has 0 fully saturated rings. The van der Waals surface area contributed by atoms with Crippen molar-refractivity contribution in [3.8, 4) is 17.6 Å². The van der Waals surface area contributed by atoms with Gasteiger partial charge in [0, 0.05) is 5.56 Å². The molecular weight excluding hydrogens is 372 g/mol. The molecule has 0 saturated heterocycles. The smallest absolute Gasteiger partial charge is 0.348 e. The van der Waals surface area contributed by atoms with E-state index >= 15 is 0 Å². The minimum absolute atomic E-state index is 0.0860. The second-order valence-electron chi connectivity index (χ2n) is 5.09. The van der Waals surface area contributed by atoms with Crippen molar-refractivity contribution in [2.24, 2.45) is 0 Å². The van der Waals surface area contributed by atoms with Crippen molar-refractivity contribution in [2.75, 3.05) is 26.6 Å². The molecule has 0 amide bonds. The molecule has 9 heteroatoms. The zero-order valence-corrected chi connectivity index (χ0v) is 15.8. The Morgan fingerprint density at radius 2 is 1.78 bits per heavy atom. The number of methoxy groups -OCH3 is 2. The summed E-state index contributed by atoms with van der Waals surface area (Å²) in [5.41, 5.74) is 6.20. The maximum absolute atomic E-state index is 12.6. The second kappa shape index (κ2) is 8.91. The van der Waals surface area contributed by atoms with Crippen LogP contribution in [0.1, 0.15) is 38.1 Å². The lowest BCUT2D eigenvalue weighted by atomic mass is 10.1. The Morgan fingerprint density at radius 1 is 1.15 bits per heavy atom. The van der Waals surface area contributed by atoms with E-state index in [2.05, 4.69) is 0 Å². The summed E-state index contributed by atoms with van der Waals surface area (Å²) in [5, 5.41) is 9.47. The fraction of sp³-hybridized carbons (Fsp3) is 0.278. The number of carbonyl (C=O) groups excluding carboxylic acids is 2. The molecule has 0 spiro atoms. The van der Waals surface area contributed by atoms with Gasteiger partial charge in [0.1, 0.15) is 39.6 Å². The highest BCUT2D eigenvalue weighted by Crippen LogP contribution is 2.33. The van der Waals surface area contributed by atoms with Crippen molar-refractivity contribution in [3.63, 3.8) is 0 Å². The largest absolute Gasteiger partial charge is 0.496 e. The first kappa shape index (κ1) is 20.1. The summed E-state index contributed by atoms with van der Waals surface area (Å²) < 4.78 is 20.6. The molecule has 27 heavy (non-hydrogen) atoms. The van der Waals surface area contributed by atoms with E-state index in [-0.39, 0.29) is 51.3 Å². The molecular formula is C18H18N2O6S. The van der Waals surface area contributed by atoms with Crippen LogP contribution in [-0.4, -0.2) is 32.8 Å². The molecule has 0 unspecified atom stereocenters. The van der Waals surface area contributed by atoms with Crippen LogP contribution in [0.2, 0.25) is 0 Å². The lowest BCUT2D eigenvalue weighted by Crippen LogP contribution is -2.12. The molecule has 2 N–H and O–H groups in total. The van der Waals surface area contributed by atoms with Gasteiger partial charge in [-0.25, -0.2) is 9.59 Å². The predicted molar refractivity (Wildman–Crippen MR) is 98.1 cm³/mol. The van der Waals surface area contributed by atoms with Gasteiger partial charge in [0.25, 0.3) is 0 Å². The molecule has 2 aromatic rings. The Hall–Kier alpha value is -3.25. The van der Waals surface area contributed by atoms with E-state index in [9.17, 15) is 14.9 Å². The molecule has 1 aromatic carbocycles. The van der Waals surface area contributed by atoms with E-state index in [4.69, 9.17) is 24.7 Å². The van der Waals surface area contributed by atoms with E-state index < -0.39 is 11.9 Å². The molecule has 0 radical (unpaired) electrons. The minimum Gasteiger partial charge on any atom is -0.496 e. The van der Waals surface area contributed by atoms with Crippen LogP contribution >= 0.6 is 11.3 Å². The van der Waals surface area contributed by atoms with Gasteiger partial charge in [0.2, 0.25) is 0 Å². The number of nitrogens with zero attached hydrogens (tertiary/aromatic N) is 1. The van der Waals surface area contributed by atoms with Crippen LogP contribution in [0.15, 0.2) is 18.2 Å². The number of rotatable bonds is 7. The van der Waals surface area contributed by atoms with Gasteiger partial charge in [-0.2, -0.15) is 5.26 Å². The molecule has 0 saturated carbocycles. The lowest BCUT2D eigenvalue weighted by Gasteiger charge is -2.12. The van der Waals surface area contributed by atoms with Crippen molar-refractivity contribution < 1.29 is 28.5 Å². The number of nitriles is 1. The lowest BCUT2D eigenvalue weighted by molar-refractivity contribution is 0.0446. The summed E-state index contributed by atoms with van der Waals surface area (Å²) in [6.07, 6.45) is 0. The fourth-order valence-electron chi connectivity index (χ4n) is 2.37. The van der Waals surface area contributed by atoms with E-state index in [1.54, 1.807) is 25.1 Å². The van der Waals surface area contributed by atoms with Crippen LogP contribution in [0, 0.1) is 11.3 Å². The summed E-state index contributed by atoms with van der Waals surface area (Å²) in [4.78, 5) is 24.8. The molecule has 0 aliphatic rings. The summed E-state index contributed by atoms with van der Waals surface area (Å²) >= 11 is 0.916. The average molecular weight is 390 g/mol. The Labute approximate surface area is 160 Å². The summed E-state index contributed by atoms with van der Waals surface area (Å²) in [5.74, 6) is -0.810. The minimum atomic E-state index is -0.729. The van der Waals surface area contributed by atoms with E-state index in [1.807, 2.05) is 6.07 Å². The molecule has 1 aromatic heterocycles. The molecule has 0 aliphatic heterocycles. The van der Waals surface area contributed by atoms with Gasteiger partial charge >= 0.3 is 11.9 Å². The van der Waals surface area contributed by atoms with Gasteiger partial charge in [-0.1, -0.05) is 6.07 Å². The van der Waals surface area contributed by atoms with Gasteiger partial charge in [0.05, 0.1) is 26.4 Å². The van der Waals surface area contributed by atoms with E-state index in [0.29, 0.717) is 0 Å². The molecule has 8 nitrogen and oxygen atoms in total. The molecule has 0 bridgehead atoms. The predicted octanol–water partition coefficient (Wildman–Crippen LogP) is 2.75. The third-order valence-corrected chi connectivity index (χ3v) is 4.63. The summed E-state index contributed by atoms with van der Waals surface area (Å²) in [6, 6.07) is 6.77. The molecule has 0 atom stereocenters. The van der Waals surface area contributed by atoms with Crippen molar-refractivity contribution in [1.82, 2.24) is 0 Å². The molecule has 1 heterocycles. The van der Waals surface area contributed by atoms with Crippen molar-refractivity contribution in [3.05, 3.63) is 39.8 Å². The number of anilines is 1. The van der Waals surface area contributed by atoms with Gasteiger partial charge in [-0.15, -0.1) is 11.3 Å². The van der Waals surface area contributed by atoms with Gasteiger partial charge < -0.3 is 24.7 Å². The van der Waals surface area contributed by atoms with Crippen molar-refractivity contribution in [2.45, 2.75) is 13.5 Å². The number of carbonyl (C=O) groups is 2. The monoisotopic (exact) mass is 390 g/mol. The molecule has 2 rings (SSSR count). The number of hydrogen-bond donors (Lipinski definition) is 1. The highest BCUT2D eigenvalue weighted by atomic mass is 32.1. The topological polar surface area (TPSA) is 121 Å². The Balaban J connectivity index is 2.33. The Morgan fingerprint density at radius 3 is 2.30 bits per heavy atom. The number of nitrogen functional groups attached to an aromatic ring is 1. The zero-order valence-electron chi connectivity index (χ0n) is 15.0. The van der Waals surface area contributed by atoms with Gasteiger partial charge in [-0.3, -0.25) is 0 Å². The SMILES string of the molecule is CCOC(=O)c1sc(N)c(C#N)c1COC(=O)c1c(OC)cccc1OC. The van der Waals surface area contributed by atoms with E-state index in [0.717, 1.165) is 11.3 Å². The molecule has 0 aliphatic carbocycles. The number of ether oxygens (including phenoxy) is 4. The molecule has 142 valence electrons. The number of nitrogens with two attached hydrogens (primary N) is 1. The third kappa shape index (κ3) is 4.12. The highest BCUT2D eigenvalue weighted by molar-refractivity contribution is 7.18. The van der Waals surface area contributed by atoms with Crippen LogP contribution in [-0.2, 0) is 16.1 Å². The van der Waals surface area contributed by atoms with E-state index in [1.165, 1.54) is 14.2 Å². The average Bonchev–Trinajstić information content (AvgIpc) is 3.00. The first-order valence-electron chi connectivity index (χ1n) is 7.84. The summed E-state index contributed by atoms with van der Waals surface area (Å²) in [6.45, 7) is 1.49. The van der Waals surface area contributed by atoms with Crippen LogP contribution in [0.4, 0.5) is 5.00 Å². The standard InChI is InChI=1S/C18H18N2O6S/c1-4-25-18(22)15-11(10(8-19)16(20)27-15)9-26-17(21)14-12(23-2)6-5-7-13(14)24-3/h5-7H,4,9,20H2,1-3H3. The van der Waals surface area contributed by atoms with Gasteiger partial charge in [0.15, 0.2) is 0 Å². The summed E-state index contributed by atoms with van der Waals surface area (Å²) in [7, 11) is 2.83. The quantitative estimate of drug-likeness (QED) is 0.716. The van der Waals surface area contributed by atoms with Crippen molar-refractivity contribution in [1.29, 1.82) is 5.26 Å². The first-order valence-corrected chi connectivity index (χ1v) is 8.66. The normalized spacial score (nSPS) is 10.0. The number of esters is 2. The van der Waals surface area contributed by atoms with Crippen LogP contribution in [0.5, 0.6) is 11.5 Å². The number of thiophene rings is 1.